The van der Waals surface area contributed by atoms with Crippen LogP contribution in [0.3, 0.4) is 0 Å². The highest BCUT2D eigenvalue weighted by Gasteiger charge is 2.30. The molecule has 1 heterocycles. The highest BCUT2D eigenvalue weighted by Crippen LogP contribution is 2.33. The summed E-state index contributed by atoms with van der Waals surface area (Å²) in [6.07, 6.45) is -3.00. The van der Waals surface area contributed by atoms with Gasteiger partial charge in [0, 0.05) is 18.8 Å². The van der Waals surface area contributed by atoms with E-state index in [1.165, 1.54) is 18.5 Å². The molecule has 0 spiro atoms. The summed E-state index contributed by atoms with van der Waals surface area (Å²) in [4.78, 5) is 10.7. The van der Waals surface area contributed by atoms with E-state index in [1.807, 2.05) is 65.6 Å². The van der Waals surface area contributed by atoms with Crippen LogP contribution in [0.4, 0.5) is 36.2 Å². The first-order valence-corrected chi connectivity index (χ1v) is 10.3. The van der Waals surface area contributed by atoms with Crippen molar-refractivity contribution in [3.8, 4) is 0 Å². The molecule has 4 rings (SSSR count). The molecule has 1 aromatic heterocycles. The molecule has 0 atom stereocenters. The minimum Gasteiger partial charge on any atom is -0.393 e. The minimum absolute atomic E-state index is 0.310. The van der Waals surface area contributed by atoms with Gasteiger partial charge in [-0.15, -0.1) is 0 Å². The van der Waals surface area contributed by atoms with E-state index in [1.54, 1.807) is 0 Å². The van der Waals surface area contributed by atoms with Crippen molar-refractivity contribution in [2.75, 3.05) is 16.0 Å². The van der Waals surface area contributed by atoms with Crippen LogP contribution in [0.1, 0.15) is 16.7 Å². The first kappa shape index (κ1) is 22.1. The lowest BCUT2D eigenvalue weighted by Gasteiger charge is -2.26. The smallest absolute Gasteiger partial charge is 0.393 e. The molecule has 4 aromatic rings. The van der Waals surface area contributed by atoms with Crippen LogP contribution < -0.4 is 16.0 Å². The Morgan fingerprint density at radius 3 is 1.82 bits per heavy atom. The van der Waals surface area contributed by atoms with Crippen molar-refractivity contribution in [3.05, 3.63) is 108 Å². The largest absolute Gasteiger partial charge is 0.416 e. The van der Waals surface area contributed by atoms with Crippen LogP contribution in [0.2, 0.25) is 0 Å². The summed E-state index contributed by atoms with van der Waals surface area (Å²) >= 11 is 0. The molecule has 0 saturated carbocycles. The maximum atomic E-state index is 12.8. The number of benzene rings is 3. The number of nitrogens with one attached hydrogen (secondary N) is 1. The van der Waals surface area contributed by atoms with Crippen molar-refractivity contribution < 1.29 is 13.2 Å². The lowest BCUT2D eigenvalue weighted by molar-refractivity contribution is -0.137. The van der Waals surface area contributed by atoms with E-state index >= 15 is 0 Å². The number of anilines is 4. The van der Waals surface area contributed by atoms with Crippen molar-refractivity contribution in [2.45, 2.75) is 19.3 Å². The van der Waals surface area contributed by atoms with Gasteiger partial charge < -0.3 is 16.0 Å². The molecule has 0 aliphatic rings. The zero-order valence-electron chi connectivity index (χ0n) is 17.6. The predicted octanol–water partition coefficient (Wildman–Crippen LogP) is 6.03. The maximum absolute atomic E-state index is 12.8. The Bertz CT molecular complexity index is 1140. The van der Waals surface area contributed by atoms with Crippen LogP contribution in [0.15, 0.2) is 91.3 Å². The zero-order valence-corrected chi connectivity index (χ0v) is 17.6. The molecule has 0 fully saturated rings. The van der Waals surface area contributed by atoms with E-state index in [4.69, 9.17) is 5.73 Å². The fraction of sp³-hybridized carbons (Fsp3) is 0.120. The van der Waals surface area contributed by atoms with Crippen molar-refractivity contribution in [3.63, 3.8) is 0 Å². The molecule has 0 aliphatic carbocycles. The van der Waals surface area contributed by atoms with Crippen molar-refractivity contribution >= 4 is 23.0 Å². The van der Waals surface area contributed by atoms with Gasteiger partial charge in [0.25, 0.3) is 0 Å². The second-order valence-corrected chi connectivity index (χ2v) is 7.49. The summed E-state index contributed by atoms with van der Waals surface area (Å²) in [6, 6.07) is 24.6. The molecule has 0 radical (unpaired) electrons. The van der Waals surface area contributed by atoms with Gasteiger partial charge in [-0.3, -0.25) is 0 Å². The molecule has 0 amide bonds. The number of aromatic nitrogens is 2. The molecule has 5 nitrogen and oxygen atoms in total. The van der Waals surface area contributed by atoms with Gasteiger partial charge in [0.2, 0.25) is 0 Å². The van der Waals surface area contributed by atoms with E-state index in [-0.39, 0.29) is 0 Å². The Balaban J connectivity index is 1.63. The van der Waals surface area contributed by atoms with E-state index in [0.29, 0.717) is 36.1 Å². The zero-order chi connectivity index (χ0) is 23.3. The number of rotatable bonds is 7. The molecular weight excluding hydrogens is 427 g/mol. The van der Waals surface area contributed by atoms with Gasteiger partial charge in [-0.05, 0) is 35.4 Å². The summed E-state index contributed by atoms with van der Waals surface area (Å²) in [5.41, 5.74) is 8.63. The standard InChI is InChI=1S/C25H22F3N5/c26-25(27,28)20-11-13-21(14-12-20)32-23-22(29)24(31-17-30-23)33(15-18-7-3-1-4-8-18)16-19-9-5-2-6-10-19/h1-14,17H,15-16,29H2,(H,30,31,32). The molecule has 0 unspecified atom stereocenters. The maximum Gasteiger partial charge on any atom is 0.416 e. The highest BCUT2D eigenvalue weighted by molar-refractivity contribution is 5.78. The predicted molar refractivity (Wildman–Crippen MR) is 124 cm³/mol. The van der Waals surface area contributed by atoms with Crippen molar-refractivity contribution in [2.24, 2.45) is 0 Å². The Morgan fingerprint density at radius 1 is 0.758 bits per heavy atom. The second-order valence-electron chi connectivity index (χ2n) is 7.49. The molecule has 168 valence electrons. The van der Waals surface area contributed by atoms with E-state index in [0.717, 1.165) is 23.3 Å². The van der Waals surface area contributed by atoms with Gasteiger partial charge in [-0.2, -0.15) is 13.2 Å². The average Bonchev–Trinajstić information content (AvgIpc) is 2.81. The summed E-state index contributed by atoms with van der Waals surface area (Å²) < 4.78 is 38.5. The van der Waals surface area contributed by atoms with E-state index in [9.17, 15) is 13.2 Å². The first-order valence-electron chi connectivity index (χ1n) is 10.3. The quantitative estimate of drug-likeness (QED) is 0.361. The average molecular weight is 449 g/mol. The molecule has 3 N–H and O–H groups in total. The Hall–Kier alpha value is -4.07. The fourth-order valence-electron chi connectivity index (χ4n) is 3.43. The Labute approximate surface area is 189 Å². The number of nitrogens with two attached hydrogens (primary N) is 1. The number of alkyl halides is 3. The third-order valence-corrected chi connectivity index (χ3v) is 5.07. The summed E-state index contributed by atoms with van der Waals surface area (Å²) in [6.45, 7) is 1.13. The van der Waals surface area contributed by atoms with Gasteiger partial charge in [-0.25, -0.2) is 9.97 Å². The van der Waals surface area contributed by atoms with Crippen LogP contribution in [0.5, 0.6) is 0 Å². The third-order valence-electron chi connectivity index (χ3n) is 5.07. The van der Waals surface area contributed by atoms with Crippen LogP contribution >= 0.6 is 0 Å². The summed E-state index contributed by atoms with van der Waals surface area (Å²) in [5, 5.41) is 3.00. The Morgan fingerprint density at radius 2 is 1.30 bits per heavy atom. The number of hydrogen-bond donors (Lipinski definition) is 2. The highest BCUT2D eigenvalue weighted by atomic mass is 19.4. The number of nitrogen functional groups attached to an aromatic ring is 1. The molecule has 33 heavy (non-hydrogen) atoms. The van der Waals surface area contributed by atoms with Crippen LogP contribution in [0, 0.1) is 0 Å². The normalized spacial score (nSPS) is 11.2. The second kappa shape index (κ2) is 9.60. The van der Waals surface area contributed by atoms with E-state index in [2.05, 4.69) is 15.3 Å². The van der Waals surface area contributed by atoms with Crippen LogP contribution in [-0.2, 0) is 19.3 Å². The van der Waals surface area contributed by atoms with Gasteiger partial charge in [0.05, 0.1) is 5.56 Å². The molecule has 3 aromatic carbocycles. The lowest BCUT2D eigenvalue weighted by Crippen LogP contribution is -2.24. The third kappa shape index (κ3) is 5.60. The first-order chi connectivity index (χ1) is 15.9. The molecule has 0 bridgehead atoms. The lowest BCUT2D eigenvalue weighted by atomic mass is 10.1. The Kier molecular flexibility index (Phi) is 6.44. The summed E-state index contributed by atoms with van der Waals surface area (Å²) in [7, 11) is 0. The number of halogens is 3. The van der Waals surface area contributed by atoms with Gasteiger partial charge >= 0.3 is 6.18 Å². The van der Waals surface area contributed by atoms with Gasteiger partial charge in [0.1, 0.15) is 12.0 Å². The van der Waals surface area contributed by atoms with Gasteiger partial charge in [0.15, 0.2) is 11.6 Å². The topological polar surface area (TPSA) is 67.1 Å². The van der Waals surface area contributed by atoms with Gasteiger partial charge in [-0.1, -0.05) is 60.7 Å². The van der Waals surface area contributed by atoms with Crippen LogP contribution in [-0.4, -0.2) is 9.97 Å². The van der Waals surface area contributed by atoms with Crippen molar-refractivity contribution in [1.29, 1.82) is 0 Å². The molecule has 0 saturated heterocycles. The number of hydrogen-bond acceptors (Lipinski definition) is 5. The monoisotopic (exact) mass is 449 g/mol. The molecular formula is C25H22F3N5. The number of nitrogens with zero attached hydrogens (tertiary/aromatic N) is 3. The SMILES string of the molecule is Nc1c(Nc2ccc(C(F)(F)F)cc2)ncnc1N(Cc1ccccc1)Cc1ccccc1. The fourth-order valence-corrected chi connectivity index (χ4v) is 3.43. The minimum atomic E-state index is -4.39. The van der Waals surface area contributed by atoms with E-state index < -0.39 is 11.7 Å². The van der Waals surface area contributed by atoms with Crippen LogP contribution in [0.25, 0.3) is 0 Å². The summed E-state index contributed by atoms with van der Waals surface area (Å²) in [5.74, 6) is 0.859. The van der Waals surface area contributed by atoms with Crippen molar-refractivity contribution in [1.82, 2.24) is 9.97 Å². The molecule has 8 heteroatoms. The molecule has 0 aliphatic heterocycles.